The lowest BCUT2D eigenvalue weighted by molar-refractivity contribution is 0.552. The summed E-state index contributed by atoms with van der Waals surface area (Å²) in [5, 5.41) is 0.238. The molecule has 0 saturated heterocycles. The van der Waals surface area contributed by atoms with Gasteiger partial charge in [0.1, 0.15) is 10.8 Å². The number of nitrogens with one attached hydrogen (secondary N) is 1. The number of halogens is 1. The molecule has 1 aliphatic carbocycles. The first kappa shape index (κ1) is 16.7. The molecule has 0 radical (unpaired) electrons. The van der Waals surface area contributed by atoms with Crippen molar-refractivity contribution in [1.82, 2.24) is 4.72 Å². The molecular formula is C13H17FN2O2S3. The van der Waals surface area contributed by atoms with Crippen LogP contribution in [0.25, 0.3) is 0 Å². The van der Waals surface area contributed by atoms with Crippen LogP contribution in [0.4, 0.5) is 4.39 Å². The zero-order valence-corrected chi connectivity index (χ0v) is 14.0. The number of sulfonamides is 1. The number of thiocarbonyl (C=S) groups is 1. The summed E-state index contributed by atoms with van der Waals surface area (Å²) < 4.78 is 41.5. The van der Waals surface area contributed by atoms with Gasteiger partial charge in [-0.15, -0.1) is 0 Å². The Morgan fingerprint density at radius 1 is 1.48 bits per heavy atom. The smallest absolute Gasteiger partial charge is 0.241 e. The number of thioether (sulfide) groups is 1. The van der Waals surface area contributed by atoms with Gasteiger partial charge in [0.05, 0.1) is 10.5 Å². The number of hydrogen-bond acceptors (Lipinski definition) is 4. The second-order valence-electron chi connectivity index (χ2n) is 4.91. The molecule has 1 fully saturated rings. The maximum Gasteiger partial charge on any atom is 0.241 e. The van der Waals surface area contributed by atoms with Crippen LogP contribution in [0.15, 0.2) is 23.1 Å². The highest BCUT2D eigenvalue weighted by atomic mass is 32.2. The van der Waals surface area contributed by atoms with Crippen molar-refractivity contribution >= 4 is 39.0 Å². The lowest BCUT2D eigenvalue weighted by Gasteiger charge is -2.20. The van der Waals surface area contributed by atoms with E-state index in [0.717, 1.165) is 25.3 Å². The Kier molecular flexibility index (Phi) is 5.24. The molecule has 1 aromatic carbocycles. The predicted octanol–water partition coefficient (Wildman–Crippen LogP) is 2.02. The Labute approximate surface area is 133 Å². The topological polar surface area (TPSA) is 72.2 Å². The van der Waals surface area contributed by atoms with Gasteiger partial charge in [-0.25, -0.2) is 17.5 Å². The third kappa shape index (κ3) is 3.56. The summed E-state index contributed by atoms with van der Waals surface area (Å²) in [6.07, 6.45) is 4.69. The van der Waals surface area contributed by atoms with E-state index < -0.39 is 15.8 Å². The van der Waals surface area contributed by atoms with Crippen LogP contribution in [-0.4, -0.2) is 31.0 Å². The van der Waals surface area contributed by atoms with Crippen LogP contribution in [0.3, 0.4) is 0 Å². The van der Waals surface area contributed by atoms with Gasteiger partial charge in [0.25, 0.3) is 0 Å². The lowest BCUT2D eigenvalue weighted by atomic mass is 10.2. The highest BCUT2D eigenvalue weighted by Crippen LogP contribution is 2.30. The quantitative estimate of drug-likeness (QED) is 0.797. The van der Waals surface area contributed by atoms with Crippen molar-refractivity contribution < 1.29 is 12.8 Å². The molecular weight excluding hydrogens is 331 g/mol. The molecule has 0 heterocycles. The molecule has 0 spiro atoms. The highest BCUT2D eigenvalue weighted by Gasteiger charge is 2.32. The van der Waals surface area contributed by atoms with Gasteiger partial charge in [-0.3, -0.25) is 0 Å². The van der Waals surface area contributed by atoms with E-state index in [4.69, 9.17) is 18.0 Å². The highest BCUT2D eigenvalue weighted by molar-refractivity contribution is 7.99. The molecule has 0 bridgehead atoms. The normalized spacial score (nSPS) is 22.4. The molecule has 21 heavy (non-hydrogen) atoms. The van der Waals surface area contributed by atoms with Crippen LogP contribution in [0.2, 0.25) is 0 Å². The van der Waals surface area contributed by atoms with Crippen molar-refractivity contribution in [2.45, 2.75) is 35.4 Å². The number of hydrogen-bond donors (Lipinski definition) is 2. The van der Waals surface area contributed by atoms with E-state index in [2.05, 4.69) is 4.72 Å². The molecule has 116 valence electrons. The van der Waals surface area contributed by atoms with Crippen molar-refractivity contribution in [2.75, 3.05) is 6.26 Å². The van der Waals surface area contributed by atoms with Crippen LogP contribution in [0.1, 0.15) is 24.8 Å². The molecule has 3 N–H and O–H groups in total. The Hall–Kier alpha value is -0.700. The van der Waals surface area contributed by atoms with Crippen molar-refractivity contribution in [3.63, 3.8) is 0 Å². The molecule has 2 atom stereocenters. The zero-order valence-electron chi connectivity index (χ0n) is 11.5. The van der Waals surface area contributed by atoms with Crippen molar-refractivity contribution in [3.8, 4) is 0 Å². The van der Waals surface area contributed by atoms with E-state index >= 15 is 0 Å². The Morgan fingerprint density at radius 3 is 2.81 bits per heavy atom. The number of rotatable bonds is 5. The summed E-state index contributed by atoms with van der Waals surface area (Å²) >= 11 is 6.41. The van der Waals surface area contributed by atoms with Crippen LogP contribution < -0.4 is 10.5 Å². The van der Waals surface area contributed by atoms with Gasteiger partial charge in [-0.05, 0) is 31.2 Å². The van der Waals surface area contributed by atoms with Gasteiger partial charge in [-0.1, -0.05) is 24.7 Å². The molecule has 0 amide bonds. The summed E-state index contributed by atoms with van der Waals surface area (Å²) in [6, 6.07) is 3.66. The summed E-state index contributed by atoms with van der Waals surface area (Å²) in [5.74, 6) is -0.724. The number of nitrogens with two attached hydrogens (primary N) is 1. The van der Waals surface area contributed by atoms with Crippen molar-refractivity contribution in [2.24, 2.45) is 5.73 Å². The van der Waals surface area contributed by atoms with Gasteiger partial charge in [0.15, 0.2) is 0 Å². The molecule has 4 nitrogen and oxygen atoms in total. The van der Waals surface area contributed by atoms with E-state index in [1.165, 1.54) is 12.1 Å². The van der Waals surface area contributed by atoms with Crippen molar-refractivity contribution in [3.05, 3.63) is 29.6 Å². The zero-order chi connectivity index (χ0) is 15.6. The summed E-state index contributed by atoms with van der Waals surface area (Å²) in [5.41, 5.74) is 5.25. The standard InChI is InChI=1S/C13H17FN2O2S3/c1-20-10-6-3-5-9(10)16-21(17,18)11-7-2-4-8(14)12(11)13(15)19/h2,4,7,9-10,16H,3,5-6H2,1H3,(H2,15,19). The second-order valence-corrected chi connectivity index (χ2v) is 8.11. The third-order valence-electron chi connectivity index (χ3n) is 3.57. The molecule has 1 aromatic rings. The molecule has 0 aromatic heterocycles. The lowest BCUT2D eigenvalue weighted by Crippen LogP contribution is -2.39. The van der Waals surface area contributed by atoms with Crippen molar-refractivity contribution in [1.29, 1.82) is 0 Å². The van der Waals surface area contributed by atoms with Crippen LogP contribution in [-0.2, 0) is 10.0 Å². The minimum atomic E-state index is -3.86. The first-order valence-electron chi connectivity index (χ1n) is 6.50. The molecule has 1 aliphatic rings. The second kappa shape index (κ2) is 6.60. The molecule has 2 rings (SSSR count). The third-order valence-corrected chi connectivity index (χ3v) is 6.48. The average molecular weight is 348 g/mol. The Morgan fingerprint density at radius 2 is 2.19 bits per heavy atom. The Bertz CT molecular complexity index is 649. The summed E-state index contributed by atoms with van der Waals surface area (Å²) in [7, 11) is -3.86. The molecule has 2 unspecified atom stereocenters. The fourth-order valence-corrected chi connectivity index (χ4v) is 5.41. The summed E-state index contributed by atoms with van der Waals surface area (Å²) in [4.78, 5) is -0.455. The maximum atomic E-state index is 13.8. The SMILES string of the molecule is CSC1CCCC1NS(=O)(=O)c1cccc(F)c1C(N)=S. The summed E-state index contributed by atoms with van der Waals surface area (Å²) in [6.45, 7) is 0. The first-order valence-corrected chi connectivity index (χ1v) is 9.68. The van der Waals surface area contributed by atoms with E-state index in [-0.39, 0.29) is 26.7 Å². The average Bonchev–Trinajstić information content (AvgIpc) is 2.84. The minimum absolute atomic E-state index is 0.146. The molecule has 8 heteroatoms. The van der Waals surface area contributed by atoms with E-state index in [0.29, 0.717) is 0 Å². The van der Waals surface area contributed by atoms with Crippen LogP contribution in [0.5, 0.6) is 0 Å². The largest absolute Gasteiger partial charge is 0.389 e. The van der Waals surface area contributed by atoms with Crippen LogP contribution in [0, 0.1) is 5.82 Å². The fraction of sp³-hybridized carbons (Fsp3) is 0.462. The van der Waals surface area contributed by atoms with E-state index in [1.54, 1.807) is 11.8 Å². The van der Waals surface area contributed by atoms with Crippen LogP contribution >= 0.6 is 24.0 Å². The van der Waals surface area contributed by atoms with Gasteiger partial charge in [0, 0.05) is 11.3 Å². The van der Waals surface area contributed by atoms with Gasteiger partial charge in [0.2, 0.25) is 10.0 Å². The predicted molar refractivity (Wildman–Crippen MR) is 87.6 cm³/mol. The van der Waals surface area contributed by atoms with E-state index in [9.17, 15) is 12.8 Å². The molecule has 1 saturated carbocycles. The Balaban J connectivity index is 2.36. The first-order chi connectivity index (χ1) is 9.86. The van der Waals surface area contributed by atoms with Gasteiger partial charge >= 0.3 is 0 Å². The van der Waals surface area contributed by atoms with Gasteiger partial charge < -0.3 is 5.73 Å². The molecule has 0 aliphatic heterocycles. The monoisotopic (exact) mass is 348 g/mol. The fourth-order valence-electron chi connectivity index (χ4n) is 2.57. The van der Waals surface area contributed by atoms with E-state index in [1.807, 2.05) is 6.26 Å². The number of benzene rings is 1. The van der Waals surface area contributed by atoms with Gasteiger partial charge in [-0.2, -0.15) is 11.8 Å². The maximum absolute atomic E-state index is 13.8. The minimum Gasteiger partial charge on any atom is -0.389 e.